The Bertz CT molecular complexity index is 1900. The first-order valence-electron chi connectivity index (χ1n) is 16.5. The van der Waals surface area contributed by atoms with Gasteiger partial charge in [0.05, 0.1) is 19.5 Å². The van der Waals surface area contributed by atoms with Gasteiger partial charge in [-0.05, 0) is 6.42 Å². The molecule has 2 aromatic rings. The lowest BCUT2D eigenvalue weighted by Crippen LogP contribution is -2.46. The number of nitrogens with two attached hydrogens (primary N) is 3. The zero-order chi connectivity index (χ0) is 42.8. The fourth-order valence-electron chi connectivity index (χ4n) is 4.80. The SMILES string of the molecule is CC(C)(COP(=O)(O)OP(=O)(O)OC[C@H]1O[C@@H](n2cnc3c(N)ncnc32)[C@H](O)[C@@H]1OP(=O)(O)O)[C@@H](O)C(=O)NCCC(=O)NCCSC(=O)CCCN=C(N)N. The lowest BCUT2D eigenvalue weighted by atomic mass is 9.87. The van der Waals surface area contributed by atoms with Gasteiger partial charge in [0.1, 0.15) is 36.3 Å². The predicted octanol–water partition coefficient (Wildman–Crippen LogP) is -2.28. The van der Waals surface area contributed by atoms with Crippen LogP contribution in [0.25, 0.3) is 11.2 Å². The van der Waals surface area contributed by atoms with Gasteiger partial charge in [-0.1, -0.05) is 25.6 Å². The van der Waals surface area contributed by atoms with Gasteiger partial charge in [0, 0.05) is 43.6 Å². The zero-order valence-electron chi connectivity index (χ0n) is 30.3. The maximum absolute atomic E-state index is 12.7. The molecule has 14 N–H and O–H groups in total. The van der Waals surface area contributed by atoms with Crippen LogP contribution in [0.2, 0.25) is 0 Å². The predicted molar refractivity (Wildman–Crippen MR) is 197 cm³/mol. The third-order valence-electron chi connectivity index (χ3n) is 7.60. The average Bonchev–Trinajstić information content (AvgIpc) is 3.66. The molecule has 0 spiro atoms. The maximum Gasteiger partial charge on any atom is 0.481 e. The lowest BCUT2D eigenvalue weighted by molar-refractivity contribution is -0.137. The Morgan fingerprint density at radius 1 is 1.05 bits per heavy atom. The molecule has 7 atom stereocenters. The summed E-state index contributed by atoms with van der Waals surface area (Å²) < 4.78 is 62.0. The molecule has 27 nitrogen and oxygen atoms in total. The van der Waals surface area contributed by atoms with Crippen molar-refractivity contribution in [2.75, 3.05) is 44.3 Å². The number of hydrogen-bond donors (Lipinski definition) is 11. The number of hydrogen-bond acceptors (Lipinski definition) is 19. The van der Waals surface area contributed by atoms with Crippen molar-refractivity contribution in [2.45, 2.75) is 63.8 Å². The van der Waals surface area contributed by atoms with Crippen LogP contribution in [0.15, 0.2) is 17.6 Å². The van der Waals surface area contributed by atoms with E-state index < -0.39 is 84.6 Å². The van der Waals surface area contributed by atoms with Gasteiger partial charge in [0.15, 0.2) is 28.8 Å². The van der Waals surface area contributed by atoms with Gasteiger partial charge in [-0.25, -0.2) is 28.6 Å². The molecule has 1 aliphatic heterocycles. The topological polar surface area (TPSA) is 428 Å². The minimum Gasteiger partial charge on any atom is -0.386 e. The van der Waals surface area contributed by atoms with Gasteiger partial charge >= 0.3 is 23.5 Å². The largest absolute Gasteiger partial charge is 0.481 e. The molecule has 0 radical (unpaired) electrons. The average molecular weight is 895 g/mol. The number of nitrogens with one attached hydrogen (secondary N) is 2. The van der Waals surface area contributed by atoms with Crippen LogP contribution >= 0.6 is 35.2 Å². The number of fused-ring (bicyclic) bond motifs is 1. The number of anilines is 1. The number of phosphoric acid groups is 3. The molecule has 31 heteroatoms. The molecular formula is C26H45N10O17P3S. The molecule has 2 amide bonds. The van der Waals surface area contributed by atoms with Crippen molar-refractivity contribution < 1.29 is 80.5 Å². The van der Waals surface area contributed by atoms with Crippen molar-refractivity contribution in [1.29, 1.82) is 0 Å². The number of rotatable bonds is 23. The second-order valence-corrected chi connectivity index (χ2v) is 18.1. The van der Waals surface area contributed by atoms with Crippen molar-refractivity contribution in [3.8, 4) is 0 Å². The van der Waals surface area contributed by atoms with Crippen molar-refractivity contribution in [2.24, 2.45) is 21.9 Å². The van der Waals surface area contributed by atoms with Crippen LogP contribution in [0.4, 0.5) is 5.82 Å². The van der Waals surface area contributed by atoms with E-state index in [0.29, 0.717) is 18.7 Å². The first-order valence-corrected chi connectivity index (χ1v) is 22.0. The van der Waals surface area contributed by atoms with Crippen LogP contribution in [-0.2, 0) is 50.7 Å². The number of ether oxygens (including phenoxy) is 1. The maximum atomic E-state index is 12.7. The van der Waals surface area contributed by atoms with E-state index in [2.05, 4.69) is 39.4 Å². The summed E-state index contributed by atoms with van der Waals surface area (Å²) >= 11 is 1.02. The highest BCUT2D eigenvalue weighted by Gasteiger charge is 2.50. The van der Waals surface area contributed by atoms with Gasteiger partial charge in [-0.3, -0.25) is 37.5 Å². The van der Waals surface area contributed by atoms with Crippen LogP contribution in [-0.4, -0.2) is 135 Å². The third-order valence-corrected chi connectivity index (χ3v) is 11.6. The van der Waals surface area contributed by atoms with Gasteiger partial charge in [-0.15, -0.1) is 0 Å². The highest BCUT2D eigenvalue weighted by Crippen LogP contribution is 2.61. The summed E-state index contributed by atoms with van der Waals surface area (Å²) in [6.45, 7) is 0.705. The molecule has 322 valence electrons. The molecule has 0 aliphatic carbocycles. The number of aliphatic imine (C=N–C) groups is 1. The Kier molecular flexibility index (Phi) is 17.5. The van der Waals surface area contributed by atoms with Gasteiger partial charge in [0.2, 0.25) is 11.8 Å². The molecule has 2 aromatic heterocycles. The molecular weight excluding hydrogens is 849 g/mol. The summed E-state index contributed by atoms with van der Waals surface area (Å²) in [5, 5.41) is 26.2. The number of carbonyl (C=O) groups is 3. The second kappa shape index (κ2) is 20.7. The Morgan fingerprint density at radius 3 is 2.40 bits per heavy atom. The van der Waals surface area contributed by atoms with E-state index in [1.165, 1.54) is 13.8 Å². The molecule has 3 rings (SSSR count). The molecule has 0 saturated carbocycles. The summed E-state index contributed by atoms with van der Waals surface area (Å²) in [5.74, 6) is -1.27. The number of phosphoric ester groups is 3. The number of amides is 2. The first-order chi connectivity index (χ1) is 26.4. The quantitative estimate of drug-likeness (QED) is 0.0242. The van der Waals surface area contributed by atoms with E-state index in [-0.39, 0.29) is 54.0 Å². The smallest absolute Gasteiger partial charge is 0.386 e. The van der Waals surface area contributed by atoms with Crippen LogP contribution in [0.1, 0.15) is 39.3 Å². The van der Waals surface area contributed by atoms with E-state index in [0.717, 1.165) is 29.0 Å². The minimum absolute atomic E-state index is 0.0254. The highest BCUT2D eigenvalue weighted by molar-refractivity contribution is 8.13. The van der Waals surface area contributed by atoms with Crippen molar-refractivity contribution in [3.63, 3.8) is 0 Å². The van der Waals surface area contributed by atoms with Gasteiger partial charge in [-0.2, -0.15) is 4.31 Å². The number of aromatic nitrogens is 4. The van der Waals surface area contributed by atoms with Crippen LogP contribution in [0.5, 0.6) is 0 Å². The summed E-state index contributed by atoms with van der Waals surface area (Å²) in [4.78, 5) is 91.2. The number of guanidine groups is 1. The Morgan fingerprint density at radius 2 is 1.74 bits per heavy atom. The number of carbonyl (C=O) groups excluding carboxylic acids is 3. The van der Waals surface area contributed by atoms with Gasteiger partial charge in [0.25, 0.3) is 0 Å². The summed E-state index contributed by atoms with van der Waals surface area (Å²) in [7, 11) is -16.4. The monoisotopic (exact) mass is 894 g/mol. The number of aliphatic hydroxyl groups is 2. The van der Waals surface area contributed by atoms with E-state index in [1.807, 2.05) is 0 Å². The van der Waals surface area contributed by atoms with Crippen LogP contribution in [0.3, 0.4) is 0 Å². The molecule has 1 fully saturated rings. The Hall–Kier alpha value is -3.17. The Labute approximate surface area is 327 Å². The molecule has 2 unspecified atom stereocenters. The van der Waals surface area contributed by atoms with E-state index in [9.17, 15) is 57.9 Å². The van der Waals surface area contributed by atoms with Crippen molar-refractivity contribution in [1.82, 2.24) is 30.2 Å². The van der Waals surface area contributed by atoms with Crippen molar-refractivity contribution in [3.05, 3.63) is 12.7 Å². The van der Waals surface area contributed by atoms with Crippen LogP contribution < -0.4 is 27.8 Å². The normalized spacial score (nSPS) is 21.3. The van der Waals surface area contributed by atoms with Crippen molar-refractivity contribution >= 4 is 75.1 Å². The zero-order valence-corrected chi connectivity index (χ0v) is 33.8. The number of nitrogens with zero attached hydrogens (tertiary/aromatic N) is 5. The highest BCUT2D eigenvalue weighted by atomic mass is 32.2. The minimum atomic E-state index is -5.58. The number of imidazole rings is 1. The van der Waals surface area contributed by atoms with Gasteiger partial charge < -0.3 is 62.4 Å². The second-order valence-electron chi connectivity index (χ2n) is 12.7. The third kappa shape index (κ3) is 15.5. The summed E-state index contributed by atoms with van der Waals surface area (Å²) in [6, 6.07) is 0. The fourth-order valence-corrected chi connectivity index (χ4v) is 8.35. The molecule has 0 bridgehead atoms. The van der Waals surface area contributed by atoms with E-state index >= 15 is 0 Å². The molecule has 1 saturated heterocycles. The summed E-state index contributed by atoms with van der Waals surface area (Å²) in [6.07, 6.45) is -6.27. The first kappa shape index (κ1) is 48.2. The molecule has 0 aromatic carbocycles. The standard InChI is InChI=1S/C26H45N10O17P3S/c1-26(2,20(40)23(41)31-7-5-15(37)30-8-9-57-16(38)4-3-6-32-25(28)29)11-50-56(47,48)53-55(45,46)49-10-14-19(52-54(42,43)44)18(39)24(51-14)36-13-35-17-21(27)33-12-34-22(17)36/h12-14,18-20,24,39-40H,3-11H2,1-2H3,(H,30,37)(H,31,41)(H,45,46)(H,47,48)(H2,27,33,34)(H4,28,29,32)(H2,42,43,44)/t14-,18-,19-,20+,24-/m1/s1. The number of thioether (sulfide) groups is 1. The molecule has 57 heavy (non-hydrogen) atoms. The number of nitrogen functional groups attached to an aromatic ring is 1. The molecule has 1 aliphatic rings. The Balaban J connectivity index is 1.46. The molecule has 3 heterocycles. The fraction of sp³-hybridized carbons (Fsp3) is 0.654. The van der Waals surface area contributed by atoms with E-state index in [1.54, 1.807) is 0 Å². The van der Waals surface area contributed by atoms with Crippen LogP contribution in [0, 0.1) is 5.41 Å². The summed E-state index contributed by atoms with van der Waals surface area (Å²) in [5.41, 5.74) is 14.7. The lowest BCUT2D eigenvalue weighted by Gasteiger charge is -2.30. The number of aliphatic hydroxyl groups excluding tert-OH is 2. The van der Waals surface area contributed by atoms with E-state index in [4.69, 9.17) is 31.0 Å².